The Hall–Kier alpha value is -2.38. The quantitative estimate of drug-likeness (QED) is 0.737. The molecule has 2 unspecified atom stereocenters. The van der Waals surface area contributed by atoms with Gasteiger partial charge in [0.1, 0.15) is 11.3 Å². The second-order valence-corrected chi connectivity index (χ2v) is 7.91. The summed E-state index contributed by atoms with van der Waals surface area (Å²) < 4.78 is 10.6. The number of rotatable bonds is 6. The lowest BCUT2D eigenvalue weighted by Crippen LogP contribution is -2.33. The summed E-state index contributed by atoms with van der Waals surface area (Å²) in [5.74, 6) is -0.426. The Labute approximate surface area is 168 Å². The molecular formula is C20H24ClN3O4. The molecular weight excluding hydrogens is 382 g/mol. The number of benzene rings is 1. The summed E-state index contributed by atoms with van der Waals surface area (Å²) in [5.41, 5.74) is 0.417. The molecule has 1 aliphatic rings. The Morgan fingerprint density at radius 1 is 1.39 bits per heavy atom. The van der Waals surface area contributed by atoms with Crippen molar-refractivity contribution in [3.8, 4) is 11.3 Å². The molecule has 2 heterocycles. The molecule has 150 valence electrons. The number of carbonyl (C=O) groups excluding carboxylic acids is 1. The summed E-state index contributed by atoms with van der Waals surface area (Å²) in [7, 11) is 1.32. The number of ether oxygens (including phenoxy) is 1. The second-order valence-electron chi connectivity index (χ2n) is 7.50. The molecule has 0 aliphatic carbocycles. The zero-order chi connectivity index (χ0) is 20.5. The van der Waals surface area contributed by atoms with E-state index < -0.39 is 11.6 Å². The van der Waals surface area contributed by atoms with Crippen LogP contribution in [0.4, 0.5) is 0 Å². The van der Waals surface area contributed by atoms with Crippen molar-refractivity contribution in [3.05, 3.63) is 40.6 Å². The predicted molar refractivity (Wildman–Crippen MR) is 107 cm³/mol. The van der Waals surface area contributed by atoms with Gasteiger partial charge < -0.3 is 14.4 Å². The number of methoxy groups -OCH3 is 1. The molecule has 0 spiro atoms. The molecule has 28 heavy (non-hydrogen) atoms. The molecule has 1 aromatic carbocycles. The lowest BCUT2D eigenvalue weighted by molar-refractivity contribution is 0.0538. The van der Waals surface area contributed by atoms with E-state index in [1.54, 1.807) is 38.3 Å². The summed E-state index contributed by atoms with van der Waals surface area (Å²) in [5, 5.41) is 20.9. The molecule has 0 saturated carbocycles. The van der Waals surface area contributed by atoms with Gasteiger partial charge in [-0.3, -0.25) is 5.01 Å². The maximum absolute atomic E-state index is 12.5. The summed E-state index contributed by atoms with van der Waals surface area (Å²) in [6, 6.07) is 7.05. The van der Waals surface area contributed by atoms with Crippen molar-refractivity contribution in [2.75, 3.05) is 13.7 Å². The Balaban J connectivity index is 1.94. The van der Waals surface area contributed by atoms with Crippen LogP contribution >= 0.6 is 11.6 Å². The number of nitrogens with zero attached hydrogens (tertiary/aromatic N) is 3. The van der Waals surface area contributed by atoms with Crippen LogP contribution in [0.3, 0.4) is 0 Å². The molecule has 1 aromatic heterocycles. The number of carbonyl (C=O) groups is 1. The Kier molecular flexibility index (Phi) is 5.76. The van der Waals surface area contributed by atoms with Crippen LogP contribution in [0, 0.1) is 0 Å². The van der Waals surface area contributed by atoms with Crippen molar-refractivity contribution in [2.45, 2.75) is 44.8 Å². The summed E-state index contributed by atoms with van der Waals surface area (Å²) >= 11 is 6.29. The van der Waals surface area contributed by atoms with E-state index >= 15 is 0 Å². The Bertz CT molecular complexity index is 888. The first-order valence-corrected chi connectivity index (χ1v) is 9.46. The minimum Gasteiger partial charge on any atom is -0.465 e. The van der Waals surface area contributed by atoms with E-state index in [9.17, 15) is 9.90 Å². The van der Waals surface area contributed by atoms with E-state index in [4.69, 9.17) is 20.9 Å². The average Bonchev–Trinajstić information content (AvgIpc) is 3.22. The van der Waals surface area contributed by atoms with Gasteiger partial charge in [0.15, 0.2) is 5.76 Å². The molecule has 0 radical (unpaired) electrons. The minimum atomic E-state index is -0.784. The van der Waals surface area contributed by atoms with Crippen LogP contribution in [-0.2, 0) is 4.74 Å². The zero-order valence-electron chi connectivity index (χ0n) is 16.3. The van der Waals surface area contributed by atoms with Crippen LogP contribution in [0.5, 0.6) is 0 Å². The third-order valence-electron chi connectivity index (χ3n) is 4.86. The molecule has 1 aliphatic heterocycles. The van der Waals surface area contributed by atoms with Gasteiger partial charge in [-0.25, -0.2) is 4.79 Å². The van der Waals surface area contributed by atoms with E-state index in [1.165, 1.54) is 7.11 Å². The Morgan fingerprint density at radius 3 is 2.75 bits per heavy atom. The summed E-state index contributed by atoms with van der Waals surface area (Å²) in [6.45, 7) is 6.09. The number of hydrogen-bond acceptors (Lipinski definition) is 7. The van der Waals surface area contributed by atoms with Gasteiger partial charge in [-0.1, -0.05) is 35.0 Å². The maximum atomic E-state index is 12.5. The normalized spacial score (nSPS) is 19.3. The highest BCUT2D eigenvalue weighted by molar-refractivity contribution is 6.33. The van der Waals surface area contributed by atoms with Gasteiger partial charge in [0.2, 0.25) is 0 Å². The minimum absolute atomic E-state index is 0.0715. The molecule has 2 aromatic rings. The number of esters is 1. The van der Waals surface area contributed by atoms with Crippen LogP contribution < -0.4 is 0 Å². The number of hydrogen-bond donors (Lipinski definition) is 1. The van der Waals surface area contributed by atoms with E-state index in [2.05, 4.69) is 10.3 Å². The zero-order valence-corrected chi connectivity index (χ0v) is 17.1. The third-order valence-corrected chi connectivity index (χ3v) is 5.19. The van der Waals surface area contributed by atoms with Gasteiger partial charge in [0, 0.05) is 18.3 Å². The predicted octanol–water partition coefficient (Wildman–Crippen LogP) is 3.72. The first-order chi connectivity index (χ1) is 13.2. The highest BCUT2D eigenvalue weighted by atomic mass is 35.5. The fraction of sp³-hybridized carbons (Fsp3) is 0.450. The fourth-order valence-electron chi connectivity index (χ4n) is 3.18. The van der Waals surface area contributed by atoms with Gasteiger partial charge in [-0.05, 0) is 33.3 Å². The van der Waals surface area contributed by atoms with Crippen LogP contribution in [0.2, 0.25) is 5.02 Å². The number of hydrazone groups is 1. The van der Waals surface area contributed by atoms with Gasteiger partial charge in [-0.15, -0.1) is 0 Å². The highest BCUT2D eigenvalue weighted by Crippen LogP contribution is 2.37. The van der Waals surface area contributed by atoms with E-state index in [0.717, 1.165) is 0 Å². The number of halogens is 1. The standard InChI is InChI=1S/C20H24ClN3O4/c1-12-14(11-22-24(12)10-9-20(2,3)26)18-16(19(25)27-4)17(23-28-18)13-7-5-6-8-15(13)21/h5-8,11-12,14,26H,9-10H2,1-4H3. The van der Waals surface area contributed by atoms with Crippen LogP contribution in [0.15, 0.2) is 33.9 Å². The maximum Gasteiger partial charge on any atom is 0.343 e. The SMILES string of the molecule is COC(=O)c1c(-c2ccccc2Cl)noc1C1C=NN(CCC(C)(C)O)C1C. The average molecular weight is 406 g/mol. The molecule has 0 fully saturated rings. The van der Waals surface area contributed by atoms with E-state index in [0.29, 0.717) is 35.0 Å². The summed E-state index contributed by atoms with van der Waals surface area (Å²) in [4.78, 5) is 12.5. The fourth-order valence-corrected chi connectivity index (χ4v) is 3.40. The molecule has 1 N–H and O–H groups in total. The number of aromatic nitrogens is 1. The molecule has 0 amide bonds. The van der Waals surface area contributed by atoms with E-state index in [1.807, 2.05) is 18.0 Å². The van der Waals surface area contributed by atoms with Gasteiger partial charge in [-0.2, -0.15) is 5.10 Å². The molecule has 0 saturated heterocycles. The largest absolute Gasteiger partial charge is 0.465 e. The lowest BCUT2D eigenvalue weighted by atomic mass is 9.94. The Morgan fingerprint density at radius 2 is 2.11 bits per heavy atom. The van der Waals surface area contributed by atoms with Crippen molar-refractivity contribution in [3.63, 3.8) is 0 Å². The van der Waals surface area contributed by atoms with Gasteiger partial charge in [0.05, 0.1) is 29.7 Å². The first kappa shape index (κ1) is 20.4. The van der Waals surface area contributed by atoms with Crippen molar-refractivity contribution in [1.82, 2.24) is 10.2 Å². The number of aliphatic hydroxyl groups is 1. The smallest absolute Gasteiger partial charge is 0.343 e. The van der Waals surface area contributed by atoms with Gasteiger partial charge in [0.25, 0.3) is 0 Å². The first-order valence-electron chi connectivity index (χ1n) is 9.09. The van der Waals surface area contributed by atoms with Crippen molar-refractivity contribution in [2.24, 2.45) is 5.10 Å². The topological polar surface area (TPSA) is 88.2 Å². The van der Waals surface area contributed by atoms with Crippen molar-refractivity contribution >= 4 is 23.8 Å². The lowest BCUT2D eigenvalue weighted by Gasteiger charge is -2.26. The molecule has 0 bridgehead atoms. The van der Waals surface area contributed by atoms with E-state index in [-0.39, 0.29) is 17.5 Å². The highest BCUT2D eigenvalue weighted by Gasteiger charge is 2.37. The molecule has 3 rings (SSSR count). The van der Waals surface area contributed by atoms with Gasteiger partial charge >= 0.3 is 5.97 Å². The van der Waals surface area contributed by atoms with Crippen LogP contribution in [-0.4, -0.2) is 52.8 Å². The van der Waals surface area contributed by atoms with Crippen LogP contribution in [0.25, 0.3) is 11.3 Å². The monoisotopic (exact) mass is 405 g/mol. The third kappa shape index (κ3) is 4.05. The molecule has 8 heteroatoms. The van der Waals surface area contributed by atoms with Crippen LogP contribution in [0.1, 0.15) is 49.2 Å². The van der Waals surface area contributed by atoms with Crippen molar-refractivity contribution < 1.29 is 19.2 Å². The molecule has 7 nitrogen and oxygen atoms in total. The molecule has 2 atom stereocenters. The summed E-state index contributed by atoms with van der Waals surface area (Å²) in [6.07, 6.45) is 2.30. The van der Waals surface area contributed by atoms with Crippen molar-refractivity contribution in [1.29, 1.82) is 0 Å². The second kappa shape index (κ2) is 7.93.